The molecule has 7 heteroatoms. The summed E-state index contributed by atoms with van der Waals surface area (Å²) >= 11 is 0. The van der Waals surface area contributed by atoms with Crippen molar-refractivity contribution in [2.75, 3.05) is 13.2 Å². The molecule has 7 nitrogen and oxygen atoms in total. The number of aliphatic hydroxyl groups excluding tert-OH is 1. The molecule has 0 radical (unpaired) electrons. The molecule has 0 aromatic carbocycles. The first-order valence-corrected chi connectivity index (χ1v) is 7.13. The highest BCUT2D eigenvalue weighted by molar-refractivity contribution is 6.06. The fourth-order valence-corrected chi connectivity index (χ4v) is 2.96. The van der Waals surface area contributed by atoms with E-state index in [4.69, 9.17) is 15.7 Å². The van der Waals surface area contributed by atoms with Crippen LogP contribution in [-0.2, 0) is 9.53 Å². The molecule has 0 aromatic rings. The first kappa shape index (κ1) is 15.1. The van der Waals surface area contributed by atoms with Crippen molar-refractivity contribution in [3.05, 3.63) is 0 Å². The molecule has 0 unspecified atom stereocenters. The number of carbonyl (C=O) groups is 1. The van der Waals surface area contributed by atoms with Gasteiger partial charge in [0.05, 0.1) is 6.10 Å². The summed E-state index contributed by atoms with van der Waals surface area (Å²) in [5.41, 5.74) is 4.79. The number of ether oxygens (including phenoxy) is 1. The van der Waals surface area contributed by atoms with Crippen molar-refractivity contribution in [3.8, 4) is 0 Å². The van der Waals surface area contributed by atoms with Gasteiger partial charge in [0.15, 0.2) is 5.84 Å². The summed E-state index contributed by atoms with van der Waals surface area (Å²) in [5, 5.41) is 24.5. The number of hydrogen-bond donors (Lipinski definition) is 4. The van der Waals surface area contributed by atoms with E-state index in [9.17, 15) is 9.90 Å². The van der Waals surface area contributed by atoms with Crippen molar-refractivity contribution in [2.24, 2.45) is 16.3 Å². The molecule has 0 atom stereocenters. The van der Waals surface area contributed by atoms with Gasteiger partial charge in [0.25, 0.3) is 0 Å². The minimum Gasteiger partial charge on any atom is -0.409 e. The molecule has 1 saturated heterocycles. The Labute approximate surface area is 118 Å². The minimum absolute atomic E-state index is 0.0471. The van der Waals surface area contributed by atoms with Crippen LogP contribution in [0.5, 0.6) is 0 Å². The summed E-state index contributed by atoms with van der Waals surface area (Å²) in [5.74, 6) is -0.244. The van der Waals surface area contributed by atoms with E-state index in [1.165, 1.54) is 0 Å². The molecule has 0 aromatic heterocycles. The van der Waals surface area contributed by atoms with E-state index in [2.05, 4.69) is 10.5 Å². The van der Waals surface area contributed by atoms with Crippen molar-refractivity contribution in [2.45, 2.75) is 50.7 Å². The summed E-state index contributed by atoms with van der Waals surface area (Å²) in [7, 11) is 0. The molecule has 2 rings (SSSR count). The zero-order chi connectivity index (χ0) is 14.6. The van der Waals surface area contributed by atoms with Gasteiger partial charge in [0.1, 0.15) is 5.41 Å². The third kappa shape index (κ3) is 3.04. The molecule has 1 aliphatic carbocycles. The van der Waals surface area contributed by atoms with Gasteiger partial charge in [0.2, 0.25) is 5.91 Å². The van der Waals surface area contributed by atoms with Crippen molar-refractivity contribution >= 4 is 11.7 Å². The van der Waals surface area contributed by atoms with Crippen LogP contribution in [0.15, 0.2) is 5.16 Å². The van der Waals surface area contributed by atoms with Crippen LogP contribution >= 0.6 is 0 Å². The van der Waals surface area contributed by atoms with E-state index < -0.39 is 5.41 Å². The van der Waals surface area contributed by atoms with Crippen molar-refractivity contribution in [3.63, 3.8) is 0 Å². The maximum Gasteiger partial charge on any atom is 0.234 e. The molecule has 20 heavy (non-hydrogen) atoms. The number of oxime groups is 1. The topological polar surface area (TPSA) is 117 Å². The van der Waals surface area contributed by atoms with E-state index in [1.807, 2.05) is 0 Å². The third-order valence-electron chi connectivity index (χ3n) is 4.41. The quantitative estimate of drug-likeness (QED) is 0.251. The predicted octanol–water partition coefficient (Wildman–Crippen LogP) is -0.0507. The number of hydrogen-bond acceptors (Lipinski definition) is 5. The second-order valence-electron chi connectivity index (χ2n) is 5.66. The molecule has 0 spiro atoms. The second-order valence-corrected chi connectivity index (χ2v) is 5.66. The Kier molecular flexibility index (Phi) is 4.82. The number of carbonyl (C=O) groups excluding carboxylic acids is 1. The Morgan fingerprint density at radius 2 is 1.85 bits per heavy atom. The predicted molar refractivity (Wildman–Crippen MR) is 72.3 cm³/mol. The van der Waals surface area contributed by atoms with Gasteiger partial charge < -0.3 is 26.1 Å². The largest absolute Gasteiger partial charge is 0.409 e. The van der Waals surface area contributed by atoms with E-state index in [0.29, 0.717) is 38.9 Å². The number of rotatable bonds is 3. The average Bonchev–Trinajstić information content (AvgIpc) is 2.49. The number of amidine groups is 1. The van der Waals surface area contributed by atoms with E-state index in [1.54, 1.807) is 0 Å². The zero-order valence-corrected chi connectivity index (χ0v) is 11.5. The van der Waals surface area contributed by atoms with Gasteiger partial charge in [-0.05, 0) is 38.5 Å². The van der Waals surface area contributed by atoms with Gasteiger partial charge in [-0.15, -0.1) is 0 Å². The van der Waals surface area contributed by atoms with Crippen LogP contribution < -0.4 is 11.1 Å². The van der Waals surface area contributed by atoms with Crippen LogP contribution in [-0.4, -0.2) is 47.4 Å². The summed E-state index contributed by atoms with van der Waals surface area (Å²) < 4.78 is 5.27. The van der Waals surface area contributed by atoms with Crippen LogP contribution in [0, 0.1) is 5.41 Å². The van der Waals surface area contributed by atoms with Crippen molar-refractivity contribution in [1.29, 1.82) is 0 Å². The van der Waals surface area contributed by atoms with Gasteiger partial charge in [-0.25, -0.2) is 0 Å². The standard InChI is InChI=1S/C13H23N3O4/c14-11(16-19)13(5-7-20-8-6-13)12(18)15-9-1-3-10(17)4-2-9/h9-10,17,19H,1-8H2,(H2,14,16)(H,15,18). The lowest BCUT2D eigenvalue weighted by Gasteiger charge is -2.36. The van der Waals surface area contributed by atoms with Gasteiger partial charge >= 0.3 is 0 Å². The molecule has 2 fully saturated rings. The summed E-state index contributed by atoms with van der Waals surface area (Å²) in [6, 6.07) is 0.0529. The first-order chi connectivity index (χ1) is 9.58. The highest BCUT2D eigenvalue weighted by Crippen LogP contribution is 2.32. The maximum absolute atomic E-state index is 12.6. The first-order valence-electron chi connectivity index (χ1n) is 7.13. The van der Waals surface area contributed by atoms with E-state index in [-0.39, 0.29) is 23.9 Å². The third-order valence-corrected chi connectivity index (χ3v) is 4.41. The number of nitrogens with two attached hydrogens (primary N) is 1. The average molecular weight is 285 g/mol. The Morgan fingerprint density at radius 1 is 1.25 bits per heavy atom. The molecule has 114 valence electrons. The molecule has 0 bridgehead atoms. The summed E-state index contributed by atoms with van der Waals surface area (Å²) in [6.45, 7) is 0.847. The number of nitrogens with zero attached hydrogens (tertiary/aromatic N) is 1. The fourth-order valence-electron chi connectivity index (χ4n) is 2.96. The molecular weight excluding hydrogens is 262 g/mol. The Balaban J connectivity index is 2.03. The normalized spacial score (nSPS) is 30.8. The Bertz CT molecular complexity index is 372. The minimum atomic E-state index is -0.969. The Morgan fingerprint density at radius 3 is 2.40 bits per heavy atom. The monoisotopic (exact) mass is 285 g/mol. The van der Waals surface area contributed by atoms with Crippen molar-refractivity contribution < 1.29 is 19.8 Å². The fraction of sp³-hybridized carbons (Fsp3) is 0.846. The summed E-state index contributed by atoms with van der Waals surface area (Å²) in [6.07, 6.45) is 3.50. The number of amides is 1. The van der Waals surface area contributed by atoms with E-state index >= 15 is 0 Å². The van der Waals surface area contributed by atoms with Crippen LogP contribution in [0.4, 0.5) is 0 Å². The lowest BCUT2D eigenvalue weighted by atomic mass is 9.77. The van der Waals surface area contributed by atoms with Gasteiger partial charge in [0, 0.05) is 19.3 Å². The summed E-state index contributed by atoms with van der Waals surface area (Å²) in [4.78, 5) is 12.6. The molecule has 1 amide bonds. The molecule has 2 aliphatic rings. The number of aliphatic hydroxyl groups is 1. The molecular formula is C13H23N3O4. The highest BCUT2D eigenvalue weighted by atomic mass is 16.5. The number of nitrogens with one attached hydrogen (secondary N) is 1. The zero-order valence-electron chi connectivity index (χ0n) is 11.5. The van der Waals surface area contributed by atoms with Crippen LogP contribution in [0.2, 0.25) is 0 Å². The smallest absolute Gasteiger partial charge is 0.234 e. The van der Waals surface area contributed by atoms with Crippen LogP contribution in [0.3, 0.4) is 0 Å². The van der Waals surface area contributed by atoms with E-state index in [0.717, 1.165) is 12.8 Å². The second kappa shape index (κ2) is 6.41. The Hall–Kier alpha value is -1.34. The molecule has 1 heterocycles. The maximum atomic E-state index is 12.6. The lowest BCUT2D eigenvalue weighted by Crippen LogP contribution is -2.55. The van der Waals surface area contributed by atoms with Crippen molar-refractivity contribution in [1.82, 2.24) is 5.32 Å². The molecule has 5 N–H and O–H groups in total. The van der Waals surface area contributed by atoms with Gasteiger partial charge in [-0.3, -0.25) is 4.79 Å². The van der Waals surface area contributed by atoms with Crippen LogP contribution in [0.1, 0.15) is 38.5 Å². The van der Waals surface area contributed by atoms with Gasteiger partial charge in [-0.2, -0.15) is 0 Å². The van der Waals surface area contributed by atoms with Crippen LogP contribution in [0.25, 0.3) is 0 Å². The molecule has 1 aliphatic heterocycles. The lowest BCUT2D eigenvalue weighted by molar-refractivity contribution is -0.132. The van der Waals surface area contributed by atoms with Gasteiger partial charge in [-0.1, -0.05) is 5.16 Å². The highest BCUT2D eigenvalue weighted by Gasteiger charge is 2.45. The molecule has 1 saturated carbocycles. The SMILES string of the molecule is NC(=NO)C1(C(=O)NC2CCC(O)CC2)CCOCC1.